The lowest BCUT2D eigenvalue weighted by Crippen LogP contribution is -2.22. The van der Waals surface area contributed by atoms with E-state index in [4.69, 9.17) is 19.7 Å². The monoisotopic (exact) mass is 397 g/mol. The summed E-state index contributed by atoms with van der Waals surface area (Å²) >= 11 is 2.90. The highest BCUT2D eigenvalue weighted by Gasteiger charge is 2.24. The molecule has 0 radical (unpaired) electrons. The Morgan fingerprint density at radius 3 is 3.00 bits per heavy atom. The molecule has 0 spiro atoms. The molecule has 0 saturated heterocycles. The number of fused-ring (bicyclic) bond motifs is 4. The first kappa shape index (κ1) is 16.7. The first-order valence-electron chi connectivity index (χ1n) is 8.73. The van der Waals surface area contributed by atoms with E-state index >= 15 is 0 Å². The van der Waals surface area contributed by atoms with Crippen LogP contribution in [0.3, 0.4) is 0 Å². The number of rotatable bonds is 3. The zero-order valence-electron chi connectivity index (χ0n) is 14.4. The Hall–Kier alpha value is -2.50. The third-order valence-electron chi connectivity index (χ3n) is 4.84. The molecule has 0 N–H and O–H groups in total. The summed E-state index contributed by atoms with van der Waals surface area (Å²) in [6.07, 6.45) is 4.21. The van der Waals surface area contributed by atoms with E-state index in [2.05, 4.69) is 6.07 Å². The molecule has 136 valence electrons. The molecule has 5 rings (SSSR count). The smallest absolute Gasteiger partial charge is 0.267 e. The van der Waals surface area contributed by atoms with E-state index in [0.29, 0.717) is 22.3 Å². The maximum Gasteiger partial charge on any atom is 0.267 e. The Labute approximate surface area is 163 Å². The molecule has 0 unspecified atom stereocenters. The van der Waals surface area contributed by atoms with Crippen LogP contribution < -0.4 is 15.0 Å². The van der Waals surface area contributed by atoms with Crippen LogP contribution in [0.15, 0.2) is 28.2 Å². The number of aromatic nitrogens is 2. The standard InChI is InChI=1S/C19H15N3O3S2/c20-7-8-26-19-21-17-16(12-3-1-2-4-15(12)27-17)18(23)22(19)11-5-6-13-14(9-11)25-10-24-13/h5-6,9H,1-4,8,10H2. The molecule has 0 amide bonds. The van der Waals surface area contributed by atoms with Gasteiger partial charge < -0.3 is 9.47 Å². The highest BCUT2D eigenvalue weighted by Crippen LogP contribution is 2.37. The molecule has 3 heterocycles. The molecule has 6 nitrogen and oxygen atoms in total. The second-order valence-corrected chi connectivity index (χ2v) is 8.44. The second-order valence-electron chi connectivity index (χ2n) is 6.41. The van der Waals surface area contributed by atoms with Crippen molar-refractivity contribution in [2.75, 3.05) is 12.5 Å². The molecule has 1 aliphatic carbocycles. The SMILES string of the molecule is N#CCSc1nc2sc3c(c2c(=O)n1-c1ccc2c(c1)OCO2)CCCC3. The predicted octanol–water partition coefficient (Wildman–Crippen LogP) is 3.67. The number of hydrogen-bond donors (Lipinski definition) is 0. The molecule has 27 heavy (non-hydrogen) atoms. The van der Waals surface area contributed by atoms with Crippen molar-refractivity contribution >= 4 is 33.3 Å². The summed E-state index contributed by atoms with van der Waals surface area (Å²) in [5.74, 6) is 1.51. The maximum absolute atomic E-state index is 13.5. The van der Waals surface area contributed by atoms with Gasteiger partial charge in [0.1, 0.15) is 4.83 Å². The van der Waals surface area contributed by atoms with E-state index in [1.54, 1.807) is 28.0 Å². The van der Waals surface area contributed by atoms with Gasteiger partial charge in [0.25, 0.3) is 5.56 Å². The second kappa shape index (κ2) is 6.59. The Morgan fingerprint density at radius 2 is 2.11 bits per heavy atom. The predicted molar refractivity (Wildman–Crippen MR) is 104 cm³/mol. The fourth-order valence-electron chi connectivity index (χ4n) is 3.63. The van der Waals surface area contributed by atoms with E-state index in [9.17, 15) is 4.79 Å². The lowest BCUT2D eigenvalue weighted by molar-refractivity contribution is 0.174. The zero-order valence-corrected chi connectivity index (χ0v) is 16.0. The van der Waals surface area contributed by atoms with Gasteiger partial charge in [-0.15, -0.1) is 11.3 Å². The van der Waals surface area contributed by atoms with Crippen LogP contribution in [0.25, 0.3) is 15.9 Å². The third kappa shape index (κ3) is 2.69. The Morgan fingerprint density at radius 1 is 1.26 bits per heavy atom. The van der Waals surface area contributed by atoms with Crippen LogP contribution in [0, 0.1) is 11.3 Å². The van der Waals surface area contributed by atoms with Crippen LogP contribution in [0.5, 0.6) is 11.5 Å². The highest BCUT2D eigenvalue weighted by molar-refractivity contribution is 7.99. The molecule has 0 atom stereocenters. The molecule has 1 aromatic carbocycles. The van der Waals surface area contributed by atoms with Gasteiger partial charge in [0.2, 0.25) is 6.79 Å². The van der Waals surface area contributed by atoms with E-state index < -0.39 is 0 Å². The maximum atomic E-state index is 13.5. The number of aryl methyl sites for hydroxylation is 2. The van der Waals surface area contributed by atoms with Crippen LogP contribution in [0.2, 0.25) is 0 Å². The molecule has 0 saturated carbocycles. The lowest BCUT2D eigenvalue weighted by atomic mass is 9.97. The van der Waals surface area contributed by atoms with Gasteiger partial charge in [0.15, 0.2) is 16.7 Å². The van der Waals surface area contributed by atoms with Gasteiger partial charge in [0.05, 0.1) is 22.9 Å². The van der Waals surface area contributed by atoms with Crippen molar-refractivity contribution in [3.05, 3.63) is 39.0 Å². The van der Waals surface area contributed by atoms with Crippen molar-refractivity contribution < 1.29 is 9.47 Å². The first-order valence-corrected chi connectivity index (χ1v) is 10.5. The molecule has 2 aliphatic rings. The van der Waals surface area contributed by atoms with Crippen molar-refractivity contribution in [3.63, 3.8) is 0 Å². The van der Waals surface area contributed by atoms with Crippen molar-refractivity contribution in [2.24, 2.45) is 0 Å². The van der Waals surface area contributed by atoms with Crippen molar-refractivity contribution in [1.29, 1.82) is 5.26 Å². The van der Waals surface area contributed by atoms with E-state index in [0.717, 1.165) is 41.5 Å². The highest BCUT2D eigenvalue weighted by atomic mass is 32.2. The zero-order chi connectivity index (χ0) is 18.4. The lowest BCUT2D eigenvalue weighted by Gasteiger charge is -2.13. The molecule has 2 aromatic heterocycles. The van der Waals surface area contributed by atoms with Gasteiger partial charge in [-0.05, 0) is 43.4 Å². The van der Waals surface area contributed by atoms with Crippen molar-refractivity contribution in [3.8, 4) is 23.3 Å². The Kier molecular flexibility index (Phi) is 4.06. The Bertz CT molecular complexity index is 1160. The van der Waals surface area contributed by atoms with E-state index in [1.165, 1.54) is 16.6 Å². The summed E-state index contributed by atoms with van der Waals surface area (Å²) in [6, 6.07) is 7.55. The molecule has 0 bridgehead atoms. The number of thiophene rings is 1. The van der Waals surface area contributed by atoms with Crippen molar-refractivity contribution in [1.82, 2.24) is 9.55 Å². The molecule has 3 aromatic rings. The molecule has 1 aliphatic heterocycles. The summed E-state index contributed by atoms with van der Waals surface area (Å²) in [4.78, 5) is 20.3. The summed E-state index contributed by atoms with van der Waals surface area (Å²) in [5, 5.41) is 10.3. The number of benzene rings is 1. The minimum Gasteiger partial charge on any atom is -0.454 e. The van der Waals surface area contributed by atoms with Gasteiger partial charge in [0, 0.05) is 10.9 Å². The van der Waals surface area contributed by atoms with Crippen LogP contribution in [0.1, 0.15) is 23.3 Å². The first-order chi connectivity index (χ1) is 13.3. The normalized spacial score (nSPS) is 14.9. The number of nitriles is 1. The van der Waals surface area contributed by atoms with Gasteiger partial charge in [-0.3, -0.25) is 9.36 Å². The fourth-order valence-corrected chi connectivity index (χ4v) is 5.61. The number of nitrogens with zero attached hydrogens (tertiary/aromatic N) is 3. The van der Waals surface area contributed by atoms with Crippen LogP contribution in [0.4, 0.5) is 0 Å². The minimum absolute atomic E-state index is 0.0706. The number of hydrogen-bond acceptors (Lipinski definition) is 7. The minimum atomic E-state index is -0.0706. The fraction of sp³-hybridized carbons (Fsp3) is 0.316. The largest absolute Gasteiger partial charge is 0.454 e. The van der Waals surface area contributed by atoms with E-state index in [-0.39, 0.29) is 18.1 Å². The van der Waals surface area contributed by atoms with Gasteiger partial charge in [-0.25, -0.2) is 4.98 Å². The van der Waals surface area contributed by atoms with Gasteiger partial charge >= 0.3 is 0 Å². The molecular weight excluding hydrogens is 382 g/mol. The number of ether oxygens (including phenoxy) is 2. The summed E-state index contributed by atoms with van der Waals surface area (Å²) in [7, 11) is 0. The summed E-state index contributed by atoms with van der Waals surface area (Å²) in [5.41, 5.74) is 1.76. The van der Waals surface area contributed by atoms with Crippen LogP contribution in [-0.4, -0.2) is 22.1 Å². The van der Waals surface area contributed by atoms with Gasteiger partial charge in [-0.2, -0.15) is 5.26 Å². The quantitative estimate of drug-likeness (QED) is 0.496. The number of thioether (sulfide) groups is 1. The Balaban J connectivity index is 1.77. The third-order valence-corrected chi connectivity index (χ3v) is 6.83. The van der Waals surface area contributed by atoms with Gasteiger partial charge in [-0.1, -0.05) is 11.8 Å². The average molecular weight is 397 g/mol. The van der Waals surface area contributed by atoms with Crippen LogP contribution in [-0.2, 0) is 12.8 Å². The van der Waals surface area contributed by atoms with Crippen LogP contribution >= 0.6 is 23.1 Å². The summed E-state index contributed by atoms with van der Waals surface area (Å²) < 4.78 is 12.4. The average Bonchev–Trinajstić information content (AvgIpc) is 3.29. The van der Waals surface area contributed by atoms with Crippen molar-refractivity contribution in [2.45, 2.75) is 30.8 Å². The molecular formula is C19H15N3O3S2. The molecule has 0 fully saturated rings. The van der Waals surface area contributed by atoms with E-state index in [1.807, 2.05) is 6.07 Å². The molecule has 8 heteroatoms. The topological polar surface area (TPSA) is 77.1 Å². The summed E-state index contributed by atoms with van der Waals surface area (Å²) in [6.45, 7) is 0.180.